The van der Waals surface area contributed by atoms with E-state index < -0.39 is 7.26 Å². The Labute approximate surface area is 97.1 Å². The molecule has 0 aliphatic carbocycles. The molecule has 1 aromatic carbocycles. The minimum Gasteiger partial charge on any atom is -0.401 e. The van der Waals surface area contributed by atoms with Gasteiger partial charge in [-0.3, -0.25) is 0 Å². The van der Waals surface area contributed by atoms with Gasteiger partial charge in [0.1, 0.15) is 12.2 Å². The molecule has 0 fully saturated rings. The Morgan fingerprint density at radius 2 is 2.00 bits per heavy atom. The molecule has 0 amide bonds. The van der Waals surface area contributed by atoms with E-state index in [9.17, 15) is 0 Å². The molecule has 0 radical (unpaired) electrons. The van der Waals surface area contributed by atoms with E-state index in [1.165, 1.54) is 5.30 Å². The van der Waals surface area contributed by atoms with Crippen LogP contribution in [0.3, 0.4) is 0 Å². The lowest BCUT2D eigenvalue weighted by Crippen LogP contribution is -2.24. The van der Waals surface area contributed by atoms with Gasteiger partial charge >= 0.3 is 0 Å². The van der Waals surface area contributed by atoms with E-state index in [1.54, 1.807) is 0 Å². The Morgan fingerprint density at radius 1 is 1.31 bits per heavy atom. The van der Waals surface area contributed by atoms with E-state index in [4.69, 9.17) is 11.0 Å². The molecule has 0 bridgehead atoms. The minimum atomic E-state index is -1.19. The number of benzene rings is 1. The molecule has 0 saturated heterocycles. The number of nitrogens with zero attached hydrogens (tertiary/aromatic N) is 1. The average molecular weight is 231 g/mol. The van der Waals surface area contributed by atoms with Gasteiger partial charge in [0.05, 0.1) is 23.7 Å². The molecule has 16 heavy (non-hydrogen) atoms. The monoisotopic (exact) mass is 231 g/mol. The van der Waals surface area contributed by atoms with Gasteiger partial charge in [0.2, 0.25) is 0 Å². The quantitative estimate of drug-likeness (QED) is 0.752. The second kappa shape index (κ2) is 4.28. The average Bonchev–Trinajstić information content (AvgIpc) is 2.34. The SMILES string of the molecule is C[P+]1(c2ccccc2)CCC(N)=C(C#N)C1. The van der Waals surface area contributed by atoms with Crippen LogP contribution in [-0.2, 0) is 0 Å². The first kappa shape index (κ1) is 11.2. The van der Waals surface area contributed by atoms with Gasteiger partial charge < -0.3 is 5.73 Å². The van der Waals surface area contributed by atoms with Crippen molar-refractivity contribution in [1.82, 2.24) is 0 Å². The zero-order chi connectivity index (χ0) is 11.6. The van der Waals surface area contributed by atoms with Crippen LogP contribution in [0.15, 0.2) is 41.6 Å². The van der Waals surface area contributed by atoms with E-state index in [0.29, 0.717) is 0 Å². The molecule has 1 atom stereocenters. The number of allylic oxidation sites excluding steroid dienone is 2. The number of nitrogens with two attached hydrogens (primary N) is 1. The van der Waals surface area contributed by atoms with Crippen LogP contribution in [0.1, 0.15) is 6.42 Å². The van der Waals surface area contributed by atoms with Crippen LogP contribution in [0.2, 0.25) is 0 Å². The summed E-state index contributed by atoms with van der Waals surface area (Å²) in [7, 11) is -1.19. The highest BCUT2D eigenvalue weighted by atomic mass is 31.2. The summed E-state index contributed by atoms with van der Waals surface area (Å²) in [6.07, 6.45) is 2.88. The first-order valence-electron chi connectivity index (χ1n) is 5.43. The fourth-order valence-electron chi connectivity index (χ4n) is 2.16. The second-order valence-electron chi connectivity index (χ2n) is 4.48. The molecule has 1 aliphatic heterocycles. The highest BCUT2D eigenvalue weighted by Gasteiger charge is 2.39. The maximum atomic E-state index is 9.07. The largest absolute Gasteiger partial charge is 0.401 e. The molecule has 1 aromatic rings. The molecule has 82 valence electrons. The topological polar surface area (TPSA) is 49.8 Å². The van der Waals surface area contributed by atoms with Crippen molar-refractivity contribution >= 4 is 12.6 Å². The van der Waals surface area contributed by atoms with Crippen LogP contribution >= 0.6 is 7.26 Å². The predicted molar refractivity (Wildman–Crippen MR) is 70.1 cm³/mol. The molecule has 0 aromatic heterocycles. The smallest absolute Gasteiger partial charge is 0.100 e. The summed E-state index contributed by atoms with van der Waals surface area (Å²) in [6, 6.07) is 12.8. The van der Waals surface area contributed by atoms with E-state index in [-0.39, 0.29) is 0 Å². The lowest BCUT2D eigenvalue weighted by molar-refractivity contribution is 1.02. The van der Waals surface area contributed by atoms with Gasteiger partial charge in [-0.25, -0.2) is 0 Å². The molecule has 1 heterocycles. The van der Waals surface area contributed by atoms with Crippen molar-refractivity contribution in [1.29, 1.82) is 5.26 Å². The first-order valence-corrected chi connectivity index (χ1v) is 8.04. The summed E-state index contributed by atoms with van der Waals surface area (Å²) in [5.74, 6) is 0. The van der Waals surface area contributed by atoms with Crippen molar-refractivity contribution in [2.24, 2.45) is 5.73 Å². The molecule has 2 nitrogen and oxygen atoms in total. The standard InChI is InChI=1S/C13H16N2P/c1-16(12-5-3-2-4-6-12)8-7-13(15)11(9-14)10-16/h2-6H,7-8,10,15H2,1H3/q+1. The van der Waals surface area contributed by atoms with Gasteiger partial charge in [0, 0.05) is 19.4 Å². The summed E-state index contributed by atoms with van der Waals surface area (Å²) >= 11 is 0. The van der Waals surface area contributed by atoms with Gasteiger partial charge in [-0.2, -0.15) is 5.26 Å². The zero-order valence-corrected chi connectivity index (χ0v) is 10.4. The summed E-state index contributed by atoms with van der Waals surface area (Å²) < 4.78 is 0. The van der Waals surface area contributed by atoms with Crippen LogP contribution in [0.4, 0.5) is 0 Å². The van der Waals surface area contributed by atoms with E-state index in [1.807, 2.05) is 6.07 Å². The maximum Gasteiger partial charge on any atom is 0.100 e. The van der Waals surface area contributed by atoms with Crippen LogP contribution in [0.25, 0.3) is 0 Å². The van der Waals surface area contributed by atoms with Crippen LogP contribution in [0, 0.1) is 11.3 Å². The Hall–Kier alpha value is -1.32. The molecule has 2 rings (SSSR count). The summed E-state index contributed by atoms with van der Waals surface area (Å²) in [5, 5.41) is 10.5. The summed E-state index contributed by atoms with van der Waals surface area (Å²) in [6.45, 7) is 2.33. The van der Waals surface area contributed by atoms with Gasteiger partial charge in [-0.1, -0.05) is 18.2 Å². The van der Waals surface area contributed by atoms with Crippen molar-refractivity contribution in [2.75, 3.05) is 19.0 Å². The van der Waals surface area contributed by atoms with Gasteiger partial charge in [-0.05, 0) is 12.1 Å². The normalized spacial score (nSPS) is 25.2. The predicted octanol–water partition coefficient (Wildman–Crippen LogP) is 2.10. The lowest BCUT2D eigenvalue weighted by atomic mass is 10.2. The number of hydrogen-bond donors (Lipinski definition) is 1. The minimum absolute atomic E-state index is 0.802. The molecular weight excluding hydrogens is 215 g/mol. The Bertz CT molecular complexity index is 459. The van der Waals surface area contributed by atoms with E-state index >= 15 is 0 Å². The first-order chi connectivity index (χ1) is 7.65. The fourth-order valence-corrected chi connectivity index (χ4v) is 5.36. The number of hydrogen-bond acceptors (Lipinski definition) is 2. The van der Waals surface area contributed by atoms with Crippen molar-refractivity contribution in [3.8, 4) is 6.07 Å². The Kier molecular flexibility index (Phi) is 2.99. The molecule has 1 aliphatic rings. The molecule has 1 unspecified atom stereocenters. The van der Waals surface area contributed by atoms with Gasteiger partial charge in [0.15, 0.2) is 0 Å². The van der Waals surface area contributed by atoms with E-state index in [2.05, 4.69) is 37.0 Å². The molecule has 3 heteroatoms. The highest BCUT2D eigenvalue weighted by molar-refractivity contribution is 7.82. The number of nitriles is 1. The van der Waals surface area contributed by atoms with Crippen LogP contribution in [-0.4, -0.2) is 19.0 Å². The lowest BCUT2D eigenvalue weighted by Gasteiger charge is -2.27. The highest BCUT2D eigenvalue weighted by Crippen LogP contribution is 2.58. The number of rotatable bonds is 1. The second-order valence-corrected chi connectivity index (χ2v) is 8.55. The Balaban J connectivity index is 2.34. The van der Waals surface area contributed by atoms with Crippen LogP contribution < -0.4 is 11.0 Å². The third-order valence-corrected chi connectivity index (χ3v) is 7.05. The fraction of sp³-hybridized carbons (Fsp3) is 0.308. The summed E-state index contributed by atoms with van der Waals surface area (Å²) in [4.78, 5) is 0. The maximum absolute atomic E-state index is 9.07. The third-order valence-electron chi connectivity index (χ3n) is 3.28. The van der Waals surface area contributed by atoms with Gasteiger partial charge in [-0.15, -0.1) is 0 Å². The van der Waals surface area contributed by atoms with Gasteiger partial charge in [0.25, 0.3) is 0 Å². The Morgan fingerprint density at radius 3 is 2.62 bits per heavy atom. The van der Waals surface area contributed by atoms with Crippen molar-refractivity contribution in [3.05, 3.63) is 41.6 Å². The van der Waals surface area contributed by atoms with Crippen LogP contribution in [0.5, 0.6) is 0 Å². The molecule has 0 saturated carbocycles. The van der Waals surface area contributed by atoms with Crippen molar-refractivity contribution in [3.63, 3.8) is 0 Å². The molecular formula is C13H16N2P+. The summed E-state index contributed by atoms with van der Waals surface area (Å²) in [5.41, 5.74) is 7.48. The van der Waals surface area contributed by atoms with E-state index in [0.717, 1.165) is 30.0 Å². The van der Waals surface area contributed by atoms with Crippen molar-refractivity contribution < 1.29 is 0 Å². The third kappa shape index (κ3) is 1.96. The molecule has 0 spiro atoms. The van der Waals surface area contributed by atoms with Crippen molar-refractivity contribution in [2.45, 2.75) is 6.42 Å². The zero-order valence-electron chi connectivity index (χ0n) is 9.48. The molecule has 2 N–H and O–H groups in total.